The Morgan fingerprint density at radius 3 is 2.87 bits per heavy atom. The molecule has 0 unspecified atom stereocenters. The number of guanidine groups is 1. The summed E-state index contributed by atoms with van der Waals surface area (Å²) in [5, 5.41) is 13.1. The zero-order valence-electron chi connectivity index (χ0n) is 13.4. The monoisotopic (exact) mass is 312 g/mol. The second-order valence-corrected chi connectivity index (χ2v) is 5.76. The van der Waals surface area contributed by atoms with Crippen molar-refractivity contribution in [2.24, 2.45) is 5.84 Å². The number of aryl methyl sites for hydroxylation is 1. The zero-order chi connectivity index (χ0) is 16.7. The average molecular weight is 312 g/mol. The van der Waals surface area contributed by atoms with E-state index in [1.165, 1.54) is 5.01 Å². The predicted octanol–water partition coefficient (Wildman–Crippen LogP) is 1.74. The molecule has 23 heavy (non-hydrogen) atoms. The van der Waals surface area contributed by atoms with Crippen molar-refractivity contribution in [3.05, 3.63) is 41.2 Å². The van der Waals surface area contributed by atoms with Gasteiger partial charge in [-0.15, -0.1) is 0 Å². The van der Waals surface area contributed by atoms with Crippen LogP contribution in [-0.2, 0) is 4.79 Å². The van der Waals surface area contributed by atoms with Gasteiger partial charge in [0.2, 0.25) is 5.96 Å². The van der Waals surface area contributed by atoms with Crippen LogP contribution in [0, 0.1) is 12.3 Å². The SMILES string of the molecule is CC1=C(C(=O)Nc2ccc3[nH]cc(C)c3c2)CN(N)C(=N)N1C. The number of nitrogens with two attached hydrogens (primary N) is 1. The first-order valence-electron chi connectivity index (χ1n) is 7.32. The first kappa shape index (κ1) is 15.1. The van der Waals surface area contributed by atoms with Gasteiger partial charge in [0, 0.05) is 35.5 Å². The van der Waals surface area contributed by atoms with Gasteiger partial charge in [-0.05, 0) is 37.6 Å². The Labute approximate surface area is 134 Å². The molecule has 1 aliphatic rings. The Balaban J connectivity index is 1.88. The van der Waals surface area contributed by atoms with Crippen LogP contribution < -0.4 is 11.2 Å². The molecule has 0 aliphatic carbocycles. The van der Waals surface area contributed by atoms with Crippen molar-refractivity contribution in [3.63, 3.8) is 0 Å². The van der Waals surface area contributed by atoms with E-state index < -0.39 is 0 Å². The lowest BCUT2D eigenvalue weighted by Crippen LogP contribution is -2.51. The minimum atomic E-state index is -0.204. The maximum Gasteiger partial charge on any atom is 0.255 e. The lowest BCUT2D eigenvalue weighted by molar-refractivity contribution is -0.113. The van der Waals surface area contributed by atoms with Gasteiger partial charge < -0.3 is 15.2 Å². The predicted molar refractivity (Wildman–Crippen MR) is 90.7 cm³/mol. The summed E-state index contributed by atoms with van der Waals surface area (Å²) in [5.41, 5.74) is 4.18. The van der Waals surface area contributed by atoms with Crippen LogP contribution in [0.3, 0.4) is 0 Å². The van der Waals surface area contributed by atoms with Crippen LogP contribution in [0.1, 0.15) is 12.5 Å². The Kier molecular flexibility index (Phi) is 3.57. The number of nitrogens with one attached hydrogen (secondary N) is 3. The standard InChI is InChI=1S/C16H20N6O/c1-9-7-19-14-5-4-11(6-12(9)14)20-15(23)13-8-22(18)16(17)21(3)10(13)2/h4-7,17,19H,8,18H2,1-3H3,(H,20,23). The third kappa shape index (κ3) is 2.55. The molecule has 0 saturated carbocycles. The number of carbonyl (C=O) groups excluding carboxylic acids is 1. The number of hydrazine groups is 1. The quantitative estimate of drug-likeness (QED) is 0.634. The Hall–Kier alpha value is -2.80. The molecule has 7 nitrogen and oxygen atoms in total. The number of aromatic amines is 1. The van der Waals surface area contributed by atoms with Gasteiger partial charge in [-0.1, -0.05) is 0 Å². The highest BCUT2D eigenvalue weighted by molar-refractivity contribution is 6.06. The molecular weight excluding hydrogens is 292 g/mol. The molecule has 0 saturated heterocycles. The van der Waals surface area contributed by atoms with Crippen LogP contribution in [0.5, 0.6) is 0 Å². The summed E-state index contributed by atoms with van der Waals surface area (Å²) >= 11 is 0. The van der Waals surface area contributed by atoms with Gasteiger partial charge >= 0.3 is 0 Å². The van der Waals surface area contributed by atoms with E-state index in [-0.39, 0.29) is 18.4 Å². The Bertz CT molecular complexity index is 834. The molecule has 3 rings (SSSR count). The maximum atomic E-state index is 12.6. The van der Waals surface area contributed by atoms with E-state index in [1.54, 1.807) is 11.9 Å². The van der Waals surface area contributed by atoms with E-state index in [4.69, 9.17) is 11.3 Å². The molecule has 0 radical (unpaired) electrons. The highest BCUT2D eigenvalue weighted by atomic mass is 16.1. The van der Waals surface area contributed by atoms with E-state index >= 15 is 0 Å². The second kappa shape index (κ2) is 5.44. The van der Waals surface area contributed by atoms with Crippen LogP contribution in [0.4, 0.5) is 5.69 Å². The summed E-state index contributed by atoms with van der Waals surface area (Å²) < 4.78 is 0. The van der Waals surface area contributed by atoms with Crippen LogP contribution in [0.2, 0.25) is 0 Å². The number of fused-ring (bicyclic) bond motifs is 1. The van der Waals surface area contributed by atoms with E-state index in [0.717, 1.165) is 27.9 Å². The van der Waals surface area contributed by atoms with Crippen molar-refractivity contribution in [3.8, 4) is 0 Å². The van der Waals surface area contributed by atoms with Gasteiger partial charge in [-0.25, -0.2) is 5.84 Å². The van der Waals surface area contributed by atoms with Crippen LogP contribution in [0.25, 0.3) is 10.9 Å². The van der Waals surface area contributed by atoms with Gasteiger partial charge in [-0.2, -0.15) is 0 Å². The first-order chi connectivity index (χ1) is 10.9. The second-order valence-electron chi connectivity index (χ2n) is 5.76. The summed E-state index contributed by atoms with van der Waals surface area (Å²) in [5.74, 6) is 5.75. The average Bonchev–Trinajstić information content (AvgIpc) is 2.89. The van der Waals surface area contributed by atoms with Crippen LogP contribution in [-0.4, -0.2) is 40.4 Å². The van der Waals surface area contributed by atoms with Crippen molar-refractivity contribution in [2.45, 2.75) is 13.8 Å². The van der Waals surface area contributed by atoms with E-state index in [0.29, 0.717) is 5.57 Å². The molecule has 5 N–H and O–H groups in total. The summed E-state index contributed by atoms with van der Waals surface area (Å²) in [6.07, 6.45) is 1.94. The van der Waals surface area contributed by atoms with Gasteiger partial charge in [0.15, 0.2) is 0 Å². The number of amides is 1. The first-order valence-corrected chi connectivity index (χ1v) is 7.32. The molecule has 0 bridgehead atoms. The molecule has 1 amide bonds. The number of benzene rings is 1. The van der Waals surface area contributed by atoms with Crippen molar-refractivity contribution in [2.75, 3.05) is 18.9 Å². The Morgan fingerprint density at radius 1 is 1.39 bits per heavy atom. The summed E-state index contributed by atoms with van der Waals surface area (Å²) in [7, 11) is 1.72. The number of anilines is 1. The maximum absolute atomic E-state index is 12.6. The summed E-state index contributed by atoms with van der Waals surface area (Å²) in [4.78, 5) is 17.4. The number of hydrogen-bond donors (Lipinski definition) is 4. The number of rotatable bonds is 2. The van der Waals surface area contributed by atoms with Crippen LogP contribution in [0.15, 0.2) is 35.7 Å². The molecule has 1 aliphatic heterocycles. The van der Waals surface area contributed by atoms with Crippen LogP contribution >= 0.6 is 0 Å². The van der Waals surface area contributed by atoms with E-state index in [2.05, 4.69) is 10.3 Å². The van der Waals surface area contributed by atoms with Gasteiger partial charge in [-0.3, -0.25) is 15.2 Å². The fourth-order valence-corrected chi connectivity index (χ4v) is 2.69. The highest BCUT2D eigenvalue weighted by Crippen LogP contribution is 2.23. The number of carbonyl (C=O) groups is 1. The molecule has 1 aromatic carbocycles. The summed E-state index contributed by atoms with van der Waals surface area (Å²) in [6.45, 7) is 4.05. The van der Waals surface area contributed by atoms with Gasteiger partial charge in [0.05, 0.1) is 12.1 Å². The number of allylic oxidation sites excluding steroid dienone is 1. The fourth-order valence-electron chi connectivity index (χ4n) is 2.69. The third-order valence-electron chi connectivity index (χ3n) is 4.28. The van der Waals surface area contributed by atoms with E-state index in [1.807, 2.05) is 38.2 Å². The minimum Gasteiger partial charge on any atom is -0.361 e. The molecule has 120 valence electrons. The fraction of sp³-hybridized carbons (Fsp3) is 0.250. The zero-order valence-corrected chi connectivity index (χ0v) is 13.4. The Morgan fingerprint density at radius 2 is 2.13 bits per heavy atom. The molecular formula is C16H20N6O. The number of H-pyrrole nitrogens is 1. The lowest BCUT2D eigenvalue weighted by atomic mass is 10.1. The van der Waals surface area contributed by atoms with E-state index in [9.17, 15) is 4.79 Å². The third-order valence-corrected chi connectivity index (χ3v) is 4.28. The molecule has 2 heterocycles. The number of aromatic nitrogens is 1. The van der Waals surface area contributed by atoms with Crippen molar-refractivity contribution >= 4 is 28.5 Å². The highest BCUT2D eigenvalue weighted by Gasteiger charge is 2.27. The normalized spacial score (nSPS) is 15.6. The molecule has 2 aromatic rings. The molecule has 1 aromatic heterocycles. The minimum absolute atomic E-state index is 0.170. The number of hydrogen-bond acceptors (Lipinski definition) is 3. The molecule has 7 heteroatoms. The number of nitrogens with zero attached hydrogens (tertiary/aromatic N) is 2. The van der Waals surface area contributed by atoms with Crippen molar-refractivity contribution < 1.29 is 4.79 Å². The smallest absolute Gasteiger partial charge is 0.255 e. The molecule has 0 fully saturated rings. The van der Waals surface area contributed by atoms with Gasteiger partial charge in [0.25, 0.3) is 5.91 Å². The lowest BCUT2D eigenvalue weighted by Gasteiger charge is -2.34. The topological polar surface area (TPSA) is 101 Å². The summed E-state index contributed by atoms with van der Waals surface area (Å²) in [6, 6.07) is 5.75. The molecule has 0 atom stereocenters. The van der Waals surface area contributed by atoms with Gasteiger partial charge in [0.1, 0.15) is 0 Å². The molecule has 0 spiro atoms. The largest absolute Gasteiger partial charge is 0.361 e. The van der Waals surface area contributed by atoms with Crippen molar-refractivity contribution in [1.82, 2.24) is 14.9 Å². The van der Waals surface area contributed by atoms with Crippen molar-refractivity contribution in [1.29, 1.82) is 5.41 Å².